The largest absolute Gasteiger partial charge is 0.508 e. The molecule has 2 unspecified atom stereocenters. The molecule has 14 nitrogen and oxygen atoms in total. The Morgan fingerprint density at radius 1 is 0.863 bits per heavy atom. The van der Waals surface area contributed by atoms with Crippen LogP contribution in [0.2, 0.25) is 0 Å². The maximum Gasteiger partial charge on any atom is 0.280 e. The van der Waals surface area contributed by atoms with Crippen molar-refractivity contribution in [3.63, 3.8) is 0 Å². The molecule has 2 heterocycles. The second kappa shape index (κ2) is 13.9. The number of nitrogens with zero attached hydrogens (tertiary/aromatic N) is 5. The van der Waals surface area contributed by atoms with E-state index in [2.05, 4.69) is 25.9 Å². The van der Waals surface area contributed by atoms with E-state index in [1.54, 1.807) is 63.2 Å². The van der Waals surface area contributed by atoms with Crippen molar-refractivity contribution < 1.29 is 32.6 Å². The van der Waals surface area contributed by atoms with Gasteiger partial charge in [0.2, 0.25) is 15.7 Å². The normalized spacial score (nSPS) is 14.9. The minimum Gasteiger partial charge on any atom is -0.508 e. The molecule has 5 aromatic rings. The van der Waals surface area contributed by atoms with E-state index in [-0.39, 0.29) is 27.4 Å². The summed E-state index contributed by atoms with van der Waals surface area (Å²) in [4.78, 5) is 39.4. The molecule has 15 heteroatoms. The fourth-order valence-corrected chi connectivity index (χ4v) is 6.64. The van der Waals surface area contributed by atoms with Gasteiger partial charge in [0.1, 0.15) is 17.2 Å². The second-order valence-corrected chi connectivity index (χ2v) is 13.7. The number of sulfone groups is 1. The molecule has 260 valence electrons. The quantitative estimate of drug-likeness (QED) is 0.177. The highest BCUT2D eigenvalue weighted by Crippen LogP contribution is 2.30. The Balaban J connectivity index is 1.08. The second-order valence-electron chi connectivity index (χ2n) is 11.8. The van der Waals surface area contributed by atoms with Crippen LogP contribution in [0.1, 0.15) is 32.5 Å². The number of hydrazone groups is 1. The van der Waals surface area contributed by atoms with Crippen LogP contribution >= 0.6 is 0 Å². The number of nitrogens with one attached hydrogen (secondary N) is 2. The predicted molar refractivity (Wildman–Crippen MR) is 189 cm³/mol. The van der Waals surface area contributed by atoms with Crippen LogP contribution in [-0.4, -0.2) is 58.1 Å². The summed E-state index contributed by atoms with van der Waals surface area (Å²) in [5, 5.41) is 29.8. The Labute approximate surface area is 293 Å². The van der Waals surface area contributed by atoms with Crippen LogP contribution in [0, 0.1) is 6.92 Å². The van der Waals surface area contributed by atoms with E-state index in [0.29, 0.717) is 39.9 Å². The number of phenols is 1. The number of phenolic OH excluding ortho intramolecular Hbond substituents is 1. The third kappa shape index (κ3) is 7.33. The van der Waals surface area contributed by atoms with Gasteiger partial charge in [-0.1, -0.05) is 12.1 Å². The maximum absolute atomic E-state index is 13.6. The van der Waals surface area contributed by atoms with Crippen molar-refractivity contribution in [1.82, 2.24) is 15.0 Å². The van der Waals surface area contributed by atoms with E-state index in [1.165, 1.54) is 65.3 Å². The zero-order chi connectivity index (χ0) is 36.4. The van der Waals surface area contributed by atoms with Gasteiger partial charge in [-0.2, -0.15) is 25.1 Å². The van der Waals surface area contributed by atoms with Crippen molar-refractivity contribution in [2.45, 2.75) is 49.6 Å². The molecule has 0 radical (unpaired) electrons. The van der Waals surface area contributed by atoms with Gasteiger partial charge in [-0.05, 0) is 106 Å². The van der Waals surface area contributed by atoms with Crippen molar-refractivity contribution in [3.8, 4) is 22.8 Å². The molecular formula is C36H33N7O7S. The molecule has 1 aliphatic heterocycles. The number of benzene rings is 4. The SMILES string of the molecule is CC(=O)Nc1cccc(-c2nn(C3C(=O)N(c4ccc(NC(=O)C(C)Oc5ccc(S(=O)(=O)c6ccc(O)cc6)cc5)cc4)N=C3C)nc2C)c1. The Bertz CT molecular complexity index is 2270. The lowest BCUT2D eigenvalue weighted by Crippen LogP contribution is -2.31. The molecule has 1 aliphatic rings. The summed E-state index contributed by atoms with van der Waals surface area (Å²) in [6.07, 6.45) is -0.930. The zero-order valence-electron chi connectivity index (χ0n) is 27.9. The Kier molecular flexibility index (Phi) is 9.39. The van der Waals surface area contributed by atoms with Crippen molar-refractivity contribution in [1.29, 1.82) is 0 Å². The molecule has 0 spiro atoms. The number of carbonyl (C=O) groups excluding carboxylic acids is 3. The minimum absolute atomic E-state index is 0.0334. The molecule has 51 heavy (non-hydrogen) atoms. The highest BCUT2D eigenvalue weighted by Gasteiger charge is 2.38. The van der Waals surface area contributed by atoms with E-state index in [9.17, 15) is 27.9 Å². The third-order valence-corrected chi connectivity index (χ3v) is 9.71. The third-order valence-electron chi connectivity index (χ3n) is 7.92. The first-order valence-corrected chi connectivity index (χ1v) is 17.2. The predicted octanol–water partition coefficient (Wildman–Crippen LogP) is 5.12. The Morgan fingerprint density at radius 3 is 2.16 bits per heavy atom. The van der Waals surface area contributed by atoms with Crippen LogP contribution in [0.25, 0.3) is 11.3 Å². The lowest BCUT2D eigenvalue weighted by molar-refractivity contribution is -0.122. The average Bonchev–Trinajstić information content (AvgIpc) is 3.62. The Morgan fingerprint density at radius 2 is 1.51 bits per heavy atom. The first-order chi connectivity index (χ1) is 24.3. The van der Waals surface area contributed by atoms with Crippen molar-refractivity contribution in [2.75, 3.05) is 15.6 Å². The summed E-state index contributed by atoms with van der Waals surface area (Å²) in [6.45, 7) is 6.49. The lowest BCUT2D eigenvalue weighted by Gasteiger charge is -2.16. The van der Waals surface area contributed by atoms with Crippen LogP contribution in [-0.2, 0) is 24.2 Å². The first-order valence-electron chi connectivity index (χ1n) is 15.7. The molecule has 3 N–H and O–H groups in total. The van der Waals surface area contributed by atoms with Crippen molar-refractivity contribution >= 4 is 50.3 Å². The van der Waals surface area contributed by atoms with Crippen molar-refractivity contribution in [2.24, 2.45) is 5.10 Å². The summed E-state index contributed by atoms with van der Waals surface area (Å²) >= 11 is 0. The van der Waals surface area contributed by atoms with Crippen LogP contribution in [0.4, 0.5) is 17.1 Å². The molecule has 6 rings (SSSR count). The summed E-state index contributed by atoms with van der Waals surface area (Å²) < 4.78 is 31.5. The zero-order valence-corrected chi connectivity index (χ0v) is 28.7. The number of rotatable bonds is 10. The van der Waals surface area contributed by atoms with E-state index in [0.717, 1.165) is 5.56 Å². The smallest absolute Gasteiger partial charge is 0.280 e. The molecule has 0 saturated heterocycles. The van der Waals surface area contributed by atoms with E-state index in [4.69, 9.17) is 4.74 Å². The summed E-state index contributed by atoms with van der Waals surface area (Å²) in [6, 6.07) is 23.8. The number of aryl methyl sites for hydroxylation is 1. The average molecular weight is 708 g/mol. The number of hydrogen-bond donors (Lipinski definition) is 3. The Hall–Kier alpha value is -6.35. The summed E-state index contributed by atoms with van der Waals surface area (Å²) in [7, 11) is -3.80. The monoisotopic (exact) mass is 707 g/mol. The van der Waals surface area contributed by atoms with Gasteiger partial charge in [0.25, 0.3) is 11.8 Å². The van der Waals surface area contributed by atoms with Gasteiger partial charge in [0.15, 0.2) is 12.1 Å². The summed E-state index contributed by atoms with van der Waals surface area (Å²) in [5.74, 6) is -0.756. The molecule has 0 bridgehead atoms. The standard InChI is InChI=1S/C36H33N7O7S/c1-21-33(25-6-5-7-27(20-25)37-24(4)44)41-43(40-21)34-22(2)39-42(36(34)47)28-10-8-26(9-11-28)38-35(46)23(3)50-30-14-18-32(19-15-30)51(48,49)31-16-12-29(45)13-17-31/h5-20,23,34,45H,1-4H3,(H,37,44)(H,38,46). The van der Waals surface area contributed by atoms with Gasteiger partial charge in [0.05, 0.1) is 26.9 Å². The highest BCUT2D eigenvalue weighted by molar-refractivity contribution is 7.91. The number of ether oxygens (including phenoxy) is 1. The number of aromatic nitrogens is 3. The van der Waals surface area contributed by atoms with Gasteiger partial charge in [-0.3, -0.25) is 14.4 Å². The van der Waals surface area contributed by atoms with E-state index in [1.807, 2.05) is 6.07 Å². The lowest BCUT2D eigenvalue weighted by atomic mass is 10.1. The van der Waals surface area contributed by atoms with Crippen molar-refractivity contribution in [3.05, 3.63) is 103 Å². The molecule has 0 fully saturated rings. The van der Waals surface area contributed by atoms with Crippen LogP contribution < -0.4 is 20.4 Å². The molecular weight excluding hydrogens is 675 g/mol. The van der Waals surface area contributed by atoms with Gasteiger partial charge in [0, 0.05) is 23.9 Å². The number of anilines is 3. The van der Waals surface area contributed by atoms with Crippen LogP contribution in [0.3, 0.4) is 0 Å². The summed E-state index contributed by atoms with van der Waals surface area (Å²) in [5.41, 5.74) is 3.92. The molecule has 3 amide bonds. The van der Waals surface area contributed by atoms with Crippen LogP contribution in [0.15, 0.2) is 112 Å². The fourth-order valence-electron chi connectivity index (χ4n) is 5.38. The molecule has 0 saturated carbocycles. The topological polar surface area (TPSA) is 185 Å². The van der Waals surface area contributed by atoms with E-state index >= 15 is 0 Å². The van der Waals surface area contributed by atoms with Gasteiger partial charge >= 0.3 is 0 Å². The van der Waals surface area contributed by atoms with E-state index < -0.39 is 27.9 Å². The number of hydrogen-bond acceptors (Lipinski definition) is 10. The highest BCUT2D eigenvalue weighted by atomic mass is 32.2. The van der Waals surface area contributed by atoms with Gasteiger partial charge in [-0.15, -0.1) is 0 Å². The molecule has 1 aromatic heterocycles. The maximum atomic E-state index is 13.6. The van der Waals surface area contributed by atoms with Crippen LogP contribution in [0.5, 0.6) is 11.5 Å². The molecule has 0 aliphatic carbocycles. The number of aromatic hydroxyl groups is 1. The number of amides is 3. The first kappa shape index (κ1) is 34.5. The minimum atomic E-state index is -3.80. The van der Waals surface area contributed by atoms with Gasteiger partial charge in [-0.25, -0.2) is 8.42 Å². The van der Waals surface area contributed by atoms with Gasteiger partial charge < -0.3 is 20.5 Å². The number of carbonyl (C=O) groups is 3. The fraction of sp³-hybridized carbons (Fsp3) is 0.167. The molecule has 4 aromatic carbocycles. The molecule has 2 atom stereocenters.